The average molecular weight is 484 g/mol. The van der Waals surface area contributed by atoms with Crippen LogP contribution in [0, 0.1) is 3.57 Å². The molecule has 0 saturated heterocycles. The van der Waals surface area contributed by atoms with E-state index in [0.29, 0.717) is 14.9 Å². The van der Waals surface area contributed by atoms with Crippen molar-refractivity contribution < 1.29 is 29.3 Å². The number of carbonyl (C=O) groups excluding carboxylic acids is 1. The van der Waals surface area contributed by atoms with Gasteiger partial charge in [0.15, 0.2) is 17.6 Å². The maximum Gasteiger partial charge on any atom is 0.344 e. The lowest BCUT2D eigenvalue weighted by Crippen LogP contribution is -2.24. The number of benzene rings is 2. The first-order chi connectivity index (χ1) is 12.8. The highest BCUT2D eigenvalue weighted by atomic mass is 127. The molecular weight excluding hydrogens is 467 g/mol. The van der Waals surface area contributed by atoms with E-state index >= 15 is 0 Å². The highest BCUT2D eigenvalue weighted by molar-refractivity contribution is 14.1. The first-order valence-electron chi connectivity index (χ1n) is 7.72. The topological polar surface area (TPSA) is 117 Å². The fourth-order valence-corrected chi connectivity index (χ4v) is 2.36. The van der Waals surface area contributed by atoms with Crippen molar-refractivity contribution in [3.8, 4) is 17.2 Å². The summed E-state index contributed by atoms with van der Waals surface area (Å²) < 4.78 is 11.3. The number of amides is 1. The van der Waals surface area contributed by atoms with Crippen molar-refractivity contribution in [2.75, 3.05) is 7.11 Å². The predicted molar refractivity (Wildman–Crippen MR) is 107 cm³/mol. The number of nitrogens with one attached hydrogen (secondary N) is 1. The molecule has 27 heavy (non-hydrogen) atoms. The van der Waals surface area contributed by atoms with Crippen LogP contribution in [0.3, 0.4) is 0 Å². The van der Waals surface area contributed by atoms with Gasteiger partial charge >= 0.3 is 5.97 Å². The molecule has 2 aromatic carbocycles. The molecule has 0 fully saturated rings. The molecule has 0 radical (unpaired) electrons. The summed E-state index contributed by atoms with van der Waals surface area (Å²) in [5, 5.41) is 22.6. The Labute approximate surface area is 168 Å². The van der Waals surface area contributed by atoms with E-state index in [1.165, 1.54) is 26.3 Å². The molecule has 1 amide bonds. The first-order valence-corrected chi connectivity index (χ1v) is 8.79. The maximum atomic E-state index is 12.1. The van der Waals surface area contributed by atoms with Gasteiger partial charge in [-0.15, -0.1) is 0 Å². The number of halogens is 1. The molecule has 3 N–H and O–H groups in total. The number of para-hydroxylation sites is 1. The zero-order valence-electron chi connectivity index (χ0n) is 14.5. The number of nitrogens with zero attached hydrogens (tertiary/aromatic N) is 1. The zero-order valence-corrected chi connectivity index (χ0v) is 16.6. The van der Waals surface area contributed by atoms with Gasteiger partial charge in [-0.05, 0) is 59.8 Å². The van der Waals surface area contributed by atoms with Crippen LogP contribution >= 0.6 is 22.6 Å². The number of phenols is 1. The van der Waals surface area contributed by atoms with Crippen LogP contribution in [-0.4, -0.2) is 41.5 Å². The van der Waals surface area contributed by atoms with Gasteiger partial charge in [0.05, 0.1) is 16.9 Å². The number of ether oxygens (including phenoxy) is 2. The minimum absolute atomic E-state index is 0.00151. The Morgan fingerprint density at radius 3 is 2.67 bits per heavy atom. The summed E-state index contributed by atoms with van der Waals surface area (Å²) in [6, 6.07) is 9.43. The third-order valence-corrected chi connectivity index (χ3v) is 4.36. The Morgan fingerprint density at radius 1 is 1.30 bits per heavy atom. The molecule has 2 aromatic rings. The molecule has 0 aromatic heterocycles. The molecule has 1 atom stereocenters. The van der Waals surface area contributed by atoms with E-state index in [4.69, 9.17) is 14.6 Å². The minimum atomic E-state index is -1.13. The highest BCUT2D eigenvalue weighted by Crippen LogP contribution is 2.31. The van der Waals surface area contributed by atoms with E-state index in [2.05, 4.69) is 10.5 Å². The molecule has 0 aliphatic carbocycles. The molecule has 0 unspecified atom stereocenters. The summed E-state index contributed by atoms with van der Waals surface area (Å²) in [6.45, 7) is 1.39. The molecule has 2 rings (SSSR count). The Hall–Kier alpha value is -2.82. The molecule has 0 aliphatic rings. The third kappa shape index (κ3) is 5.33. The maximum absolute atomic E-state index is 12.1. The SMILES string of the molecule is COc1cccc(/C=N\NC(=O)c2ccc(I)c(O)c2)c1O[C@H](C)C(=O)O. The minimum Gasteiger partial charge on any atom is -0.507 e. The summed E-state index contributed by atoms with van der Waals surface area (Å²) in [4.78, 5) is 23.2. The van der Waals surface area contributed by atoms with Gasteiger partial charge in [0.25, 0.3) is 5.91 Å². The van der Waals surface area contributed by atoms with E-state index in [-0.39, 0.29) is 17.1 Å². The van der Waals surface area contributed by atoms with Crippen molar-refractivity contribution in [3.63, 3.8) is 0 Å². The van der Waals surface area contributed by atoms with Crippen molar-refractivity contribution in [3.05, 3.63) is 51.1 Å². The number of carbonyl (C=O) groups is 2. The Kier molecular flexibility index (Phi) is 6.99. The fourth-order valence-electron chi connectivity index (χ4n) is 2.03. The van der Waals surface area contributed by atoms with Crippen molar-refractivity contribution in [1.29, 1.82) is 0 Å². The third-order valence-electron chi connectivity index (χ3n) is 3.45. The van der Waals surface area contributed by atoms with Crippen molar-refractivity contribution in [1.82, 2.24) is 5.43 Å². The normalized spacial score (nSPS) is 11.8. The molecule has 0 aliphatic heterocycles. The summed E-state index contributed by atoms with van der Waals surface area (Å²) >= 11 is 1.95. The van der Waals surface area contributed by atoms with Gasteiger partial charge in [0.1, 0.15) is 5.75 Å². The number of hydrogen-bond acceptors (Lipinski definition) is 6. The Balaban J connectivity index is 2.19. The number of hydrogen-bond donors (Lipinski definition) is 3. The number of phenolic OH excluding ortho intramolecular Hbond substituents is 1. The standard InChI is InChI=1S/C18H17IN2O6/c1-10(18(24)25)27-16-12(4-3-5-15(16)26-2)9-20-21-17(23)11-6-7-13(19)14(22)8-11/h3-10,22H,1-2H3,(H,21,23)(H,24,25)/b20-9-/t10-/m1/s1. The molecule has 0 heterocycles. The number of rotatable bonds is 7. The monoisotopic (exact) mass is 484 g/mol. The summed E-state index contributed by atoms with van der Waals surface area (Å²) in [7, 11) is 1.43. The number of aliphatic carboxylic acids is 1. The van der Waals surface area contributed by atoms with Crippen molar-refractivity contribution >= 4 is 40.7 Å². The largest absolute Gasteiger partial charge is 0.507 e. The number of aromatic hydroxyl groups is 1. The Morgan fingerprint density at radius 2 is 2.04 bits per heavy atom. The lowest BCUT2D eigenvalue weighted by atomic mass is 10.2. The van der Waals surface area contributed by atoms with Gasteiger partial charge < -0.3 is 19.7 Å². The zero-order chi connectivity index (χ0) is 20.0. The lowest BCUT2D eigenvalue weighted by molar-refractivity contribution is -0.144. The van der Waals surface area contributed by atoms with Crippen LogP contribution in [0.15, 0.2) is 41.5 Å². The highest BCUT2D eigenvalue weighted by Gasteiger charge is 2.18. The second-order valence-electron chi connectivity index (χ2n) is 5.34. The van der Waals surface area contributed by atoms with Crippen molar-refractivity contribution in [2.24, 2.45) is 5.10 Å². The van der Waals surface area contributed by atoms with Crippen LogP contribution in [0.1, 0.15) is 22.8 Å². The van der Waals surface area contributed by atoms with E-state index in [0.717, 1.165) is 0 Å². The number of carboxylic acids is 1. The van der Waals surface area contributed by atoms with Gasteiger partial charge in [-0.3, -0.25) is 4.79 Å². The number of methoxy groups -OCH3 is 1. The average Bonchev–Trinajstić information content (AvgIpc) is 2.64. The van der Waals surface area contributed by atoms with E-state index in [1.807, 2.05) is 22.6 Å². The molecule has 8 nitrogen and oxygen atoms in total. The number of carboxylic acid groups (broad SMARTS) is 1. The van der Waals surface area contributed by atoms with E-state index in [9.17, 15) is 14.7 Å². The van der Waals surface area contributed by atoms with Crippen LogP contribution in [0.5, 0.6) is 17.2 Å². The predicted octanol–water partition coefficient (Wildman–Crippen LogP) is 2.62. The molecule has 9 heteroatoms. The van der Waals surface area contributed by atoms with Gasteiger partial charge in [-0.2, -0.15) is 5.10 Å². The van der Waals surface area contributed by atoms with Crippen LogP contribution in [0.4, 0.5) is 0 Å². The smallest absolute Gasteiger partial charge is 0.344 e. The Bertz CT molecular complexity index is 884. The second-order valence-corrected chi connectivity index (χ2v) is 6.50. The molecular formula is C18H17IN2O6. The number of hydrazone groups is 1. The molecule has 0 saturated carbocycles. The van der Waals surface area contributed by atoms with Gasteiger partial charge in [-0.1, -0.05) is 6.07 Å². The summed E-state index contributed by atoms with van der Waals surface area (Å²) in [6.07, 6.45) is 0.217. The van der Waals surface area contributed by atoms with E-state index in [1.54, 1.807) is 30.3 Å². The summed E-state index contributed by atoms with van der Waals surface area (Å²) in [5.74, 6) is -1.11. The fraction of sp³-hybridized carbons (Fsp3) is 0.167. The van der Waals surface area contributed by atoms with Crippen LogP contribution in [0.2, 0.25) is 0 Å². The van der Waals surface area contributed by atoms with Crippen LogP contribution in [-0.2, 0) is 4.79 Å². The second kappa shape index (κ2) is 9.21. The van der Waals surface area contributed by atoms with Gasteiger partial charge in [0, 0.05) is 11.1 Å². The molecule has 0 bridgehead atoms. The van der Waals surface area contributed by atoms with Crippen molar-refractivity contribution in [2.45, 2.75) is 13.0 Å². The first kappa shape index (κ1) is 20.5. The summed E-state index contributed by atoms with van der Waals surface area (Å²) in [5.41, 5.74) is 3.01. The van der Waals surface area contributed by atoms with Crippen LogP contribution in [0.25, 0.3) is 0 Å². The molecule has 0 spiro atoms. The lowest BCUT2D eigenvalue weighted by Gasteiger charge is -2.15. The van der Waals surface area contributed by atoms with Gasteiger partial charge in [-0.25, -0.2) is 10.2 Å². The van der Waals surface area contributed by atoms with Gasteiger partial charge in [0.2, 0.25) is 0 Å². The molecule has 142 valence electrons. The van der Waals surface area contributed by atoms with E-state index < -0.39 is 18.0 Å². The quantitative estimate of drug-likeness (QED) is 0.316. The van der Waals surface area contributed by atoms with Crippen LogP contribution < -0.4 is 14.9 Å².